The predicted molar refractivity (Wildman–Crippen MR) is 99.5 cm³/mol. The van der Waals surface area contributed by atoms with E-state index in [0.29, 0.717) is 29.8 Å². The van der Waals surface area contributed by atoms with Gasteiger partial charge >= 0.3 is 5.97 Å². The molecule has 7 heteroatoms. The van der Waals surface area contributed by atoms with Gasteiger partial charge in [-0.05, 0) is 36.2 Å². The second kappa shape index (κ2) is 9.96. The van der Waals surface area contributed by atoms with Gasteiger partial charge in [-0.15, -0.1) is 0 Å². The van der Waals surface area contributed by atoms with Crippen LogP contribution < -0.4 is 15.4 Å². The molecule has 0 spiro atoms. The number of hydrogen-bond donors (Lipinski definition) is 3. The van der Waals surface area contributed by atoms with Crippen molar-refractivity contribution < 1.29 is 24.2 Å². The largest absolute Gasteiger partial charge is 0.497 e. The van der Waals surface area contributed by atoms with E-state index in [2.05, 4.69) is 10.6 Å². The SMILES string of the molecule is COc1ccc(C(NC(=O)CCCNC(=O)c2ccccc2)C(=O)O)cc1. The molecule has 0 radical (unpaired) electrons. The van der Waals surface area contributed by atoms with E-state index >= 15 is 0 Å². The number of rotatable bonds is 9. The molecule has 0 aliphatic carbocycles. The van der Waals surface area contributed by atoms with E-state index in [4.69, 9.17) is 4.74 Å². The maximum absolute atomic E-state index is 12.1. The van der Waals surface area contributed by atoms with E-state index in [1.54, 1.807) is 48.5 Å². The molecule has 0 aliphatic rings. The lowest BCUT2D eigenvalue weighted by Gasteiger charge is -2.15. The van der Waals surface area contributed by atoms with Crippen molar-refractivity contribution in [3.05, 3.63) is 65.7 Å². The number of ether oxygens (including phenoxy) is 1. The van der Waals surface area contributed by atoms with Crippen molar-refractivity contribution in [3.63, 3.8) is 0 Å². The average molecular weight is 370 g/mol. The summed E-state index contributed by atoms with van der Waals surface area (Å²) in [7, 11) is 1.52. The highest BCUT2D eigenvalue weighted by Crippen LogP contribution is 2.18. The predicted octanol–water partition coefficient (Wildman–Crippen LogP) is 2.15. The number of carboxylic acids is 1. The number of carbonyl (C=O) groups is 3. The molecule has 2 aromatic carbocycles. The molecule has 2 amide bonds. The standard InChI is InChI=1S/C20H22N2O5/c1-27-16-11-9-14(10-12-16)18(20(25)26)22-17(23)8-5-13-21-19(24)15-6-3-2-4-7-15/h2-4,6-7,9-12,18H,5,8,13H2,1H3,(H,21,24)(H,22,23)(H,25,26). The molecule has 0 saturated heterocycles. The molecular weight excluding hydrogens is 348 g/mol. The zero-order chi connectivity index (χ0) is 19.6. The van der Waals surface area contributed by atoms with Gasteiger partial charge in [0.05, 0.1) is 7.11 Å². The minimum Gasteiger partial charge on any atom is -0.497 e. The molecule has 142 valence electrons. The quantitative estimate of drug-likeness (QED) is 0.587. The third-order valence-corrected chi connectivity index (χ3v) is 3.90. The second-order valence-corrected chi connectivity index (χ2v) is 5.84. The van der Waals surface area contributed by atoms with Crippen LogP contribution in [-0.4, -0.2) is 36.5 Å². The molecule has 0 aliphatic heterocycles. The van der Waals surface area contributed by atoms with E-state index in [1.165, 1.54) is 7.11 Å². The van der Waals surface area contributed by atoms with Crippen molar-refractivity contribution >= 4 is 17.8 Å². The van der Waals surface area contributed by atoms with E-state index in [0.717, 1.165) is 0 Å². The van der Waals surface area contributed by atoms with E-state index < -0.39 is 17.9 Å². The maximum Gasteiger partial charge on any atom is 0.330 e. The lowest BCUT2D eigenvalue weighted by molar-refractivity contribution is -0.142. The first-order valence-electron chi connectivity index (χ1n) is 8.50. The van der Waals surface area contributed by atoms with Crippen LogP contribution in [0.2, 0.25) is 0 Å². The highest BCUT2D eigenvalue weighted by atomic mass is 16.5. The molecular formula is C20H22N2O5. The van der Waals surface area contributed by atoms with Gasteiger partial charge in [0, 0.05) is 18.5 Å². The maximum atomic E-state index is 12.1. The van der Waals surface area contributed by atoms with Gasteiger partial charge in [-0.3, -0.25) is 9.59 Å². The van der Waals surface area contributed by atoms with Crippen molar-refractivity contribution in [2.75, 3.05) is 13.7 Å². The molecule has 0 bridgehead atoms. The van der Waals surface area contributed by atoms with Crippen LogP contribution in [-0.2, 0) is 9.59 Å². The third kappa shape index (κ3) is 6.14. The molecule has 0 aromatic heterocycles. The molecule has 7 nitrogen and oxygen atoms in total. The van der Waals surface area contributed by atoms with Gasteiger partial charge in [-0.25, -0.2) is 4.79 Å². The highest BCUT2D eigenvalue weighted by molar-refractivity contribution is 5.94. The summed E-state index contributed by atoms with van der Waals surface area (Å²) < 4.78 is 5.04. The summed E-state index contributed by atoms with van der Waals surface area (Å²) in [6.45, 7) is 0.321. The van der Waals surface area contributed by atoms with Crippen LogP contribution in [0.25, 0.3) is 0 Å². The van der Waals surface area contributed by atoms with Crippen molar-refractivity contribution in [1.82, 2.24) is 10.6 Å². The number of methoxy groups -OCH3 is 1. The number of carbonyl (C=O) groups excluding carboxylic acids is 2. The summed E-state index contributed by atoms with van der Waals surface area (Å²) in [5, 5.41) is 14.6. The Morgan fingerprint density at radius 3 is 2.30 bits per heavy atom. The van der Waals surface area contributed by atoms with Crippen LogP contribution in [0, 0.1) is 0 Å². The van der Waals surface area contributed by atoms with Crippen LogP contribution in [0.4, 0.5) is 0 Å². The first-order valence-corrected chi connectivity index (χ1v) is 8.50. The minimum atomic E-state index is -1.15. The zero-order valence-corrected chi connectivity index (χ0v) is 15.0. The van der Waals surface area contributed by atoms with Gasteiger partial charge in [0.15, 0.2) is 6.04 Å². The van der Waals surface area contributed by atoms with Gasteiger partial charge in [-0.1, -0.05) is 30.3 Å². The number of hydrogen-bond acceptors (Lipinski definition) is 4. The van der Waals surface area contributed by atoms with Gasteiger partial charge in [0.25, 0.3) is 5.91 Å². The Kier molecular flexibility index (Phi) is 7.37. The Hall–Kier alpha value is -3.35. The Bertz CT molecular complexity index is 775. The molecule has 1 atom stereocenters. The van der Waals surface area contributed by atoms with Crippen LogP contribution >= 0.6 is 0 Å². The molecule has 0 saturated carbocycles. The molecule has 0 heterocycles. The van der Waals surface area contributed by atoms with Crippen molar-refractivity contribution in [2.24, 2.45) is 0 Å². The zero-order valence-electron chi connectivity index (χ0n) is 15.0. The average Bonchev–Trinajstić information content (AvgIpc) is 2.70. The normalized spacial score (nSPS) is 11.3. The number of aliphatic carboxylic acids is 1. The smallest absolute Gasteiger partial charge is 0.330 e. The lowest BCUT2D eigenvalue weighted by Crippen LogP contribution is -2.34. The van der Waals surface area contributed by atoms with E-state index in [9.17, 15) is 19.5 Å². The van der Waals surface area contributed by atoms with Crippen molar-refractivity contribution in [3.8, 4) is 5.75 Å². The molecule has 0 fully saturated rings. The summed E-state index contributed by atoms with van der Waals surface area (Å²) in [5.41, 5.74) is 1.00. The van der Waals surface area contributed by atoms with Crippen molar-refractivity contribution in [2.45, 2.75) is 18.9 Å². The second-order valence-electron chi connectivity index (χ2n) is 5.84. The molecule has 27 heavy (non-hydrogen) atoms. The van der Waals surface area contributed by atoms with Gasteiger partial charge in [0.1, 0.15) is 5.75 Å². The lowest BCUT2D eigenvalue weighted by atomic mass is 10.1. The monoisotopic (exact) mass is 370 g/mol. The van der Waals surface area contributed by atoms with E-state index in [1.807, 2.05) is 6.07 Å². The number of benzene rings is 2. The van der Waals surface area contributed by atoms with E-state index in [-0.39, 0.29) is 12.3 Å². The minimum absolute atomic E-state index is 0.106. The van der Waals surface area contributed by atoms with Crippen LogP contribution in [0.15, 0.2) is 54.6 Å². The third-order valence-electron chi connectivity index (χ3n) is 3.90. The highest BCUT2D eigenvalue weighted by Gasteiger charge is 2.21. The Morgan fingerprint density at radius 2 is 1.70 bits per heavy atom. The molecule has 3 N–H and O–H groups in total. The Balaban J connectivity index is 1.80. The molecule has 1 unspecified atom stereocenters. The Morgan fingerprint density at radius 1 is 1.04 bits per heavy atom. The molecule has 2 aromatic rings. The topological polar surface area (TPSA) is 105 Å². The summed E-state index contributed by atoms with van der Waals surface area (Å²) in [4.78, 5) is 35.4. The van der Waals surface area contributed by atoms with Crippen LogP contribution in [0.1, 0.15) is 34.8 Å². The first kappa shape index (κ1) is 20.0. The fraction of sp³-hybridized carbons (Fsp3) is 0.250. The first-order chi connectivity index (χ1) is 13.0. The fourth-order valence-electron chi connectivity index (χ4n) is 2.46. The van der Waals surface area contributed by atoms with Gasteiger partial charge in [-0.2, -0.15) is 0 Å². The fourth-order valence-corrected chi connectivity index (χ4v) is 2.46. The number of nitrogens with one attached hydrogen (secondary N) is 2. The summed E-state index contributed by atoms with van der Waals surface area (Å²) in [6.07, 6.45) is 0.508. The van der Waals surface area contributed by atoms with Crippen LogP contribution in [0.5, 0.6) is 5.75 Å². The van der Waals surface area contributed by atoms with Gasteiger partial charge < -0.3 is 20.5 Å². The summed E-state index contributed by atoms with van der Waals surface area (Å²) in [5.74, 6) is -1.15. The summed E-state index contributed by atoms with van der Waals surface area (Å²) in [6, 6.07) is 14.1. The van der Waals surface area contributed by atoms with Crippen LogP contribution in [0.3, 0.4) is 0 Å². The number of carboxylic acid groups (broad SMARTS) is 1. The van der Waals surface area contributed by atoms with Gasteiger partial charge in [0.2, 0.25) is 5.91 Å². The number of amides is 2. The molecule has 2 rings (SSSR count). The Labute approximate surface area is 157 Å². The van der Waals surface area contributed by atoms with Crippen molar-refractivity contribution in [1.29, 1.82) is 0 Å². The summed E-state index contributed by atoms with van der Waals surface area (Å²) >= 11 is 0.